The van der Waals surface area contributed by atoms with Crippen molar-refractivity contribution in [3.8, 4) is 0 Å². The van der Waals surface area contributed by atoms with E-state index in [1.54, 1.807) is 7.05 Å². The zero-order valence-electron chi connectivity index (χ0n) is 9.71. The molecular formula is C11H22N2O2. The maximum absolute atomic E-state index is 11.6. The number of carbonyl (C=O) groups is 2. The summed E-state index contributed by atoms with van der Waals surface area (Å²) in [6, 6.07) is -0.399. The molecule has 4 nitrogen and oxygen atoms in total. The molecule has 0 bridgehead atoms. The molecule has 3 N–H and O–H groups in total. The van der Waals surface area contributed by atoms with E-state index in [-0.39, 0.29) is 12.2 Å². The fourth-order valence-electron chi connectivity index (χ4n) is 1.48. The Morgan fingerprint density at radius 3 is 2.40 bits per heavy atom. The van der Waals surface area contributed by atoms with Crippen molar-refractivity contribution in [1.29, 1.82) is 0 Å². The van der Waals surface area contributed by atoms with Crippen molar-refractivity contribution in [2.75, 3.05) is 7.05 Å². The Labute approximate surface area is 91.6 Å². The van der Waals surface area contributed by atoms with E-state index >= 15 is 0 Å². The fraction of sp³-hybridized carbons (Fsp3) is 0.818. The van der Waals surface area contributed by atoms with Crippen molar-refractivity contribution in [2.45, 2.75) is 51.5 Å². The maximum atomic E-state index is 11.6. The molecule has 0 unspecified atom stereocenters. The SMILES string of the molecule is CCCCCCC(=O)[C@H](CC(N)=O)NC. The second kappa shape index (κ2) is 8.41. The third-order valence-electron chi connectivity index (χ3n) is 2.42. The van der Waals surface area contributed by atoms with E-state index in [2.05, 4.69) is 12.2 Å². The number of unbranched alkanes of at least 4 members (excludes halogenated alkanes) is 3. The lowest BCUT2D eigenvalue weighted by atomic mass is 10.0. The Kier molecular flexibility index (Phi) is 7.91. The number of nitrogens with two attached hydrogens (primary N) is 1. The zero-order valence-corrected chi connectivity index (χ0v) is 9.71. The van der Waals surface area contributed by atoms with Gasteiger partial charge in [0.25, 0.3) is 0 Å². The first-order valence-electron chi connectivity index (χ1n) is 5.60. The minimum absolute atomic E-state index is 0.0902. The summed E-state index contributed by atoms with van der Waals surface area (Å²) in [6.45, 7) is 2.13. The highest BCUT2D eigenvalue weighted by Gasteiger charge is 2.17. The molecular weight excluding hydrogens is 192 g/mol. The first-order valence-corrected chi connectivity index (χ1v) is 5.60. The Morgan fingerprint density at radius 2 is 1.93 bits per heavy atom. The lowest BCUT2D eigenvalue weighted by Gasteiger charge is -2.12. The van der Waals surface area contributed by atoms with Gasteiger partial charge in [-0.2, -0.15) is 0 Å². The summed E-state index contributed by atoms with van der Waals surface area (Å²) in [5, 5.41) is 2.82. The minimum Gasteiger partial charge on any atom is -0.370 e. The van der Waals surface area contributed by atoms with Gasteiger partial charge in [0, 0.05) is 12.8 Å². The molecule has 1 atom stereocenters. The van der Waals surface area contributed by atoms with Crippen LogP contribution in [0, 0.1) is 0 Å². The molecule has 15 heavy (non-hydrogen) atoms. The monoisotopic (exact) mass is 214 g/mol. The predicted octanol–water partition coefficient (Wildman–Crippen LogP) is 0.989. The van der Waals surface area contributed by atoms with Crippen LogP contribution in [0.1, 0.15) is 45.4 Å². The Morgan fingerprint density at radius 1 is 1.27 bits per heavy atom. The molecule has 0 saturated carbocycles. The lowest BCUT2D eigenvalue weighted by Crippen LogP contribution is -2.37. The number of hydrogen-bond acceptors (Lipinski definition) is 3. The molecule has 0 aliphatic rings. The Hall–Kier alpha value is -0.900. The van der Waals surface area contributed by atoms with Gasteiger partial charge in [-0.1, -0.05) is 26.2 Å². The number of hydrogen-bond donors (Lipinski definition) is 2. The Bertz CT molecular complexity index is 205. The van der Waals surface area contributed by atoms with E-state index in [4.69, 9.17) is 5.73 Å². The molecule has 0 radical (unpaired) electrons. The summed E-state index contributed by atoms with van der Waals surface area (Å²) in [6.07, 6.45) is 4.94. The van der Waals surface area contributed by atoms with Gasteiger partial charge in [0.15, 0.2) is 0 Å². The van der Waals surface area contributed by atoms with Crippen molar-refractivity contribution >= 4 is 11.7 Å². The number of likely N-dealkylation sites (N-methyl/N-ethyl adjacent to an activating group) is 1. The summed E-state index contributed by atoms with van der Waals surface area (Å²) in [5.41, 5.74) is 5.05. The van der Waals surface area contributed by atoms with Gasteiger partial charge in [-0.3, -0.25) is 9.59 Å². The summed E-state index contributed by atoms with van der Waals surface area (Å²) in [4.78, 5) is 22.3. The van der Waals surface area contributed by atoms with Gasteiger partial charge in [0.2, 0.25) is 5.91 Å². The van der Waals surface area contributed by atoms with Crippen molar-refractivity contribution in [3.05, 3.63) is 0 Å². The van der Waals surface area contributed by atoms with Crippen LogP contribution >= 0.6 is 0 Å². The molecule has 0 saturated heterocycles. The van der Waals surface area contributed by atoms with Crippen molar-refractivity contribution in [2.24, 2.45) is 5.73 Å². The average molecular weight is 214 g/mol. The average Bonchev–Trinajstić information content (AvgIpc) is 2.20. The molecule has 1 amide bonds. The minimum atomic E-state index is -0.434. The quantitative estimate of drug-likeness (QED) is 0.562. The first kappa shape index (κ1) is 14.1. The van der Waals surface area contributed by atoms with Gasteiger partial charge >= 0.3 is 0 Å². The predicted molar refractivity (Wildman–Crippen MR) is 60.4 cm³/mol. The van der Waals surface area contributed by atoms with Crippen molar-refractivity contribution < 1.29 is 9.59 Å². The molecule has 0 aliphatic heterocycles. The first-order chi connectivity index (χ1) is 7.11. The standard InChI is InChI=1S/C11H22N2O2/c1-3-4-5-6-7-10(14)9(13-2)8-11(12)15/h9,13H,3-8H2,1-2H3,(H2,12,15)/t9-/m0/s1. The molecule has 0 rings (SSSR count). The van der Waals surface area contributed by atoms with Crippen LogP contribution in [0.25, 0.3) is 0 Å². The van der Waals surface area contributed by atoms with E-state index in [0.29, 0.717) is 6.42 Å². The van der Waals surface area contributed by atoms with Crippen molar-refractivity contribution in [1.82, 2.24) is 5.32 Å². The maximum Gasteiger partial charge on any atom is 0.219 e. The van der Waals surface area contributed by atoms with E-state index in [0.717, 1.165) is 25.7 Å². The molecule has 0 spiro atoms. The zero-order chi connectivity index (χ0) is 11.7. The molecule has 0 aliphatic carbocycles. The third kappa shape index (κ3) is 7.08. The third-order valence-corrected chi connectivity index (χ3v) is 2.42. The van der Waals surface area contributed by atoms with Crippen LogP contribution in [0.5, 0.6) is 0 Å². The van der Waals surface area contributed by atoms with Crippen LogP contribution in [-0.2, 0) is 9.59 Å². The van der Waals surface area contributed by atoms with Crippen LogP contribution < -0.4 is 11.1 Å². The molecule has 4 heteroatoms. The van der Waals surface area contributed by atoms with Gasteiger partial charge in [0.05, 0.1) is 6.04 Å². The van der Waals surface area contributed by atoms with Gasteiger partial charge in [-0.15, -0.1) is 0 Å². The van der Waals surface area contributed by atoms with E-state index in [1.165, 1.54) is 0 Å². The number of nitrogens with one attached hydrogen (secondary N) is 1. The second-order valence-corrected chi connectivity index (χ2v) is 3.79. The van der Waals surface area contributed by atoms with Crippen LogP contribution in [0.3, 0.4) is 0 Å². The highest BCUT2D eigenvalue weighted by Crippen LogP contribution is 2.06. The highest BCUT2D eigenvalue weighted by molar-refractivity contribution is 5.89. The Balaban J connectivity index is 3.78. The van der Waals surface area contributed by atoms with Gasteiger partial charge in [-0.25, -0.2) is 0 Å². The normalized spacial score (nSPS) is 12.4. The van der Waals surface area contributed by atoms with E-state index < -0.39 is 11.9 Å². The largest absolute Gasteiger partial charge is 0.370 e. The van der Waals surface area contributed by atoms with Crippen LogP contribution in [0.15, 0.2) is 0 Å². The van der Waals surface area contributed by atoms with Gasteiger partial charge in [-0.05, 0) is 13.5 Å². The summed E-state index contributed by atoms with van der Waals surface area (Å²) in [5.74, 6) is -0.344. The number of amides is 1. The number of Topliss-reactive ketones (excluding diaryl/α,β-unsaturated/α-hetero) is 1. The molecule has 88 valence electrons. The summed E-state index contributed by atoms with van der Waals surface area (Å²) in [7, 11) is 1.68. The number of carbonyl (C=O) groups excluding carboxylic acids is 2. The topological polar surface area (TPSA) is 72.2 Å². The number of ketones is 1. The molecule has 0 aromatic heterocycles. The highest BCUT2D eigenvalue weighted by atomic mass is 16.1. The molecule has 0 heterocycles. The van der Waals surface area contributed by atoms with Crippen LogP contribution in [-0.4, -0.2) is 24.8 Å². The summed E-state index contributed by atoms with van der Waals surface area (Å²) < 4.78 is 0. The fourth-order valence-corrected chi connectivity index (χ4v) is 1.48. The van der Waals surface area contributed by atoms with E-state index in [1.807, 2.05) is 0 Å². The van der Waals surface area contributed by atoms with Gasteiger partial charge < -0.3 is 11.1 Å². The second-order valence-electron chi connectivity index (χ2n) is 3.79. The molecule has 0 aromatic rings. The van der Waals surface area contributed by atoms with E-state index in [9.17, 15) is 9.59 Å². The van der Waals surface area contributed by atoms with Gasteiger partial charge in [0.1, 0.15) is 5.78 Å². The molecule has 0 aromatic carbocycles. The smallest absolute Gasteiger partial charge is 0.219 e. The van der Waals surface area contributed by atoms with Crippen LogP contribution in [0.2, 0.25) is 0 Å². The number of primary amides is 1. The number of rotatable bonds is 9. The van der Waals surface area contributed by atoms with Crippen molar-refractivity contribution in [3.63, 3.8) is 0 Å². The lowest BCUT2D eigenvalue weighted by molar-refractivity contribution is -0.125. The summed E-state index contributed by atoms with van der Waals surface area (Å²) >= 11 is 0. The van der Waals surface area contributed by atoms with Crippen LogP contribution in [0.4, 0.5) is 0 Å². The molecule has 0 fully saturated rings.